The maximum absolute atomic E-state index is 14.0. The van der Waals surface area contributed by atoms with Crippen LogP contribution in [-0.2, 0) is 30.4 Å². The molecular weight excluding hydrogens is 562 g/mol. The smallest absolute Gasteiger partial charge is 0.429 e. The predicted molar refractivity (Wildman–Crippen MR) is 162 cm³/mol. The molecule has 2 aliphatic rings. The SMILES string of the molecule is COC(=O)[C@H]1CCN(C(=O)OCc2ccccc2)N1C(=O)[C@H](CC(C)C)NC(=O)OCC1c2ccccc2-c2ccccc21. The van der Waals surface area contributed by atoms with Gasteiger partial charge < -0.3 is 19.5 Å². The van der Waals surface area contributed by atoms with Crippen LogP contribution in [-0.4, -0.2) is 66.4 Å². The van der Waals surface area contributed by atoms with Crippen LogP contribution in [0, 0.1) is 5.92 Å². The summed E-state index contributed by atoms with van der Waals surface area (Å²) in [5.74, 6) is -1.45. The predicted octanol–water partition coefficient (Wildman–Crippen LogP) is 5.27. The fourth-order valence-electron chi connectivity index (χ4n) is 5.88. The Labute approximate surface area is 256 Å². The van der Waals surface area contributed by atoms with E-state index in [1.807, 2.05) is 80.6 Å². The summed E-state index contributed by atoms with van der Waals surface area (Å²) >= 11 is 0. The van der Waals surface area contributed by atoms with Crippen LogP contribution in [0.2, 0.25) is 0 Å². The van der Waals surface area contributed by atoms with Crippen LogP contribution in [0.3, 0.4) is 0 Å². The molecule has 230 valence electrons. The number of carbonyl (C=O) groups is 4. The van der Waals surface area contributed by atoms with E-state index in [1.54, 1.807) is 0 Å². The molecular formula is C34H37N3O7. The molecule has 10 nitrogen and oxygen atoms in total. The van der Waals surface area contributed by atoms with Gasteiger partial charge in [0.15, 0.2) is 6.04 Å². The largest absolute Gasteiger partial charge is 0.467 e. The summed E-state index contributed by atoms with van der Waals surface area (Å²) in [6.07, 6.45) is -1.13. The molecule has 0 unspecified atom stereocenters. The van der Waals surface area contributed by atoms with E-state index in [9.17, 15) is 19.2 Å². The molecule has 1 aliphatic carbocycles. The third kappa shape index (κ3) is 6.54. The number of carbonyl (C=O) groups excluding carboxylic acids is 4. The van der Waals surface area contributed by atoms with E-state index >= 15 is 0 Å². The minimum Gasteiger partial charge on any atom is -0.467 e. The first-order valence-electron chi connectivity index (χ1n) is 14.8. The van der Waals surface area contributed by atoms with Crippen molar-refractivity contribution in [2.75, 3.05) is 20.3 Å². The van der Waals surface area contributed by atoms with Gasteiger partial charge in [0.2, 0.25) is 0 Å². The monoisotopic (exact) mass is 599 g/mol. The van der Waals surface area contributed by atoms with Crippen molar-refractivity contribution in [3.8, 4) is 11.1 Å². The fourth-order valence-corrected chi connectivity index (χ4v) is 5.88. The van der Waals surface area contributed by atoms with Gasteiger partial charge in [0, 0.05) is 18.9 Å². The molecule has 0 radical (unpaired) electrons. The Hall–Kier alpha value is -4.86. The zero-order chi connectivity index (χ0) is 31.2. The number of methoxy groups -OCH3 is 1. The number of alkyl carbamates (subject to hydrolysis) is 1. The molecule has 3 aromatic carbocycles. The molecule has 1 heterocycles. The lowest BCUT2D eigenvalue weighted by Crippen LogP contribution is -2.57. The Morgan fingerprint density at radius 1 is 0.864 bits per heavy atom. The van der Waals surface area contributed by atoms with Gasteiger partial charge in [-0.2, -0.15) is 0 Å². The van der Waals surface area contributed by atoms with Crippen molar-refractivity contribution < 1.29 is 33.4 Å². The average Bonchev–Trinajstić information content (AvgIpc) is 3.62. The van der Waals surface area contributed by atoms with Crippen molar-refractivity contribution in [2.45, 2.75) is 51.3 Å². The molecule has 5 rings (SSSR count). The average molecular weight is 600 g/mol. The van der Waals surface area contributed by atoms with Crippen molar-refractivity contribution in [3.05, 3.63) is 95.6 Å². The lowest BCUT2D eigenvalue weighted by atomic mass is 9.98. The van der Waals surface area contributed by atoms with E-state index in [0.29, 0.717) is 0 Å². The van der Waals surface area contributed by atoms with Gasteiger partial charge in [0.25, 0.3) is 5.91 Å². The summed E-state index contributed by atoms with van der Waals surface area (Å²) in [5, 5.41) is 4.88. The molecule has 0 spiro atoms. The standard InChI is InChI=1S/C34H37N3O7/c1-22(2)19-29(35-33(40)43-21-28-26-15-9-7-13-24(26)25-14-8-10-16-27(25)28)31(38)37-30(32(39)42-3)17-18-36(37)34(41)44-20-23-11-5-4-6-12-23/h4-16,22,28-30H,17-21H2,1-3H3,(H,35,40)/t29-,30+/m0/s1. The second-order valence-electron chi connectivity index (χ2n) is 11.3. The van der Waals surface area contributed by atoms with Gasteiger partial charge in [-0.3, -0.25) is 4.79 Å². The van der Waals surface area contributed by atoms with E-state index in [1.165, 1.54) is 7.11 Å². The second-order valence-corrected chi connectivity index (χ2v) is 11.3. The van der Waals surface area contributed by atoms with Crippen LogP contribution in [0.15, 0.2) is 78.9 Å². The van der Waals surface area contributed by atoms with E-state index < -0.39 is 36.1 Å². The van der Waals surface area contributed by atoms with Gasteiger partial charge in [0.05, 0.1) is 7.11 Å². The molecule has 2 atom stereocenters. The number of esters is 1. The second kappa shape index (κ2) is 13.6. The number of hydrogen-bond donors (Lipinski definition) is 1. The molecule has 10 heteroatoms. The molecule has 44 heavy (non-hydrogen) atoms. The van der Waals surface area contributed by atoms with Crippen LogP contribution in [0.4, 0.5) is 9.59 Å². The van der Waals surface area contributed by atoms with Crippen LogP contribution in [0.5, 0.6) is 0 Å². The number of amides is 3. The first-order chi connectivity index (χ1) is 21.3. The molecule has 1 fully saturated rings. The highest BCUT2D eigenvalue weighted by atomic mass is 16.6. The molecule has 3 amide bonds. The van der Waals surface area contributed by atoms with Gasteiger partial charge in [-0.05, 0) is 40.2 Å². The normalized spacial score (nSPS) is 16.2. The highest BCUT2D eigenvalue weighted by molar-refractivity contribution is 5.91. The van der Waals surface area contributed by atoms with Gasteiger partial charge in [0.1, 0.15) is 19.3 Å². The Morgan fingerprint density at radius 2 is 1.48 bits per heavy atom. The third-order valence-electron chi connectivity index (χ3n) is 7.93. The molecule has 1 aliphatic heterocycles. The van der Waals surface area contributed by atoms with Crippen molar-refractivity contribution >= 4 is 24.1 Å². The van der Waals surface area contributed by atoms with Crippen molar-refractivity contribution in [2.24, 2.45) is 5.92 Å². The zero-order valence-corrected chi connectivity index (χ0v) is 25.1. The van der Waals surface area contributed by atoms with Gasteiger partial charge in [-0.25, -0.2) is 24.4 Å². The first-order valence-corrected chi connectivity index (χ1v) is 14.8. The maximum Gasteiger partial charge on any atom is 0.429 e. The summed E-state index contributed by atoms with van der Waals surface area (Å²) in [5.41, 5.74) is 5.12. The number of benzene rings is 3. The van der Waals surface area contributed by atoms with Crippen molar-refractivity contribution in [1.29, 1.82) is 0 Å². The summed E-state index contributed by atoms with van der Waals surface area (Å²) in [7, 11) is 1.22. The number of nitrogens with one attached hydrogen (secondary N) is 1. The van der Waals surface area contributed by atoms with Crippen molar-refractivity contribution in [3.63, 3.8) is 0 Å². The van der Waals surface area contributed by atoms with E-state index in [0.717, 1.165) is 37.8 Å². The quantitative estimate of drug-likeness (QED) is 0.263. The van der Waals surface area contributed by atoms with Gasteiger partial charge >= 0.3 is 18.2 Å². The van der Waals surface area contributed by atoms with Crippen molar-refractivity contribution in [1.82, 2.24) is 15.3 Å². The number of hydrogen-bond acceptors (Lipinski definition) is 7. The summed E-state index contributed by atoms with van der Waals surface area (Å²) in [6.45, 7) is 3.96. The van der Waals surface area contributed by atoms with E-state index in [2.05, 4.69) is 17.4 Å². The minimum absolute atomic E-state index is 0.00417. The number of hydrazine groups is 1. The number of ether oxygens (including phenoxy) is 3. The Morgan fingerprint density at radius 3 is 2.09 bits per heavy atom. The molecule has 3 aromatic rings. The summed E-state index contributed by atoms with van der Waals surface area (Å²) in [4.78, 5) is 53.0. The van der Waals surface area contributed by atoms with Crippen LogP contribution >= 0.6 is 0 Å². The minimum atomic E-state index is -1.07. The summed E-state index contributed by atoms with van der Waals surface area (Å²) < 4.78 is 16.1. The van der Waals surface area contributed by atoms with E-state index in [4.69, 9.17) is 14.2 Å². The maximum atomic E-state index is 14.0. The van der Waals surface area contributed by atoms with Gasteiger partial charge in [-0.1, -0.05) is 92.7 Å². The first kappa shape index (κ1) is 30.6. The molecule has 1 N–H and O–H groups in total. The number of nitrogens with zero attached hydrogens (tertiary/aromatic N) is 2. The number of fused-ring (bicyclic) bond motifs is 3. The lowest BCUT2D eigenvalue weighted by Gasteiger charge is -2.33. The molecule has 0 aromatic heterocycles. The molecule has 0 saturated carbocycles. The van der Waals surface area contributed by atoms with Gasteiger partial charge in [-0.15, -0.1) is 0 Å². The molecule has 1 saturated heterocycles. The Balaban J connectivity index is 1.30. The fraction of sp³-hybridized carbons (Fsp3) is 0.353. The van der Waals surface area contributed by atoms with E-state index in [-0.39, 0.29) is 44.4 Å². The zero-order valence-electron chi connectivity index (χ0n) is 25.1. The lowest BCUT2D eigenvalue weighted by molar-refractivity contribution is -0.161. The number of rotatable bonds is 9. The Bertz CT molecular complexity index is 1460. The highest BCUT2D eigenvalue weighted by Crippen LogP contribution is 2.44. The van der Waals surface area contributed by atoms with Crippen LogP contribution < -0.4 is 5.32 Å². The Kier molecular flexibility index (Phi) is 9.47. The topological polar surface area (TPSA) is 114 Å². The highest BCUT2D eigenvalue weighted by Gasteiger charge is 2.46. The summed E-state index contributed by atoms with van der Waals surface area (Å²) in [6, 6.07) is 23.1. The van der Waals surface area contributed by atoms with Crippen LogP contribution in [0.1, 0.15) is 49.3 Å². The third-order valence-corrected chi connectivity index (χ3v) is 7.93. The van der Waals surface area contributed by atoms with Crippen LogP contribution in [0.25, 0.3) is 11.1 Å². The molecule has 0 bridgehead atoms.